The van der Waals surface area contributed by atoms with Crippen LogP contribution in [0.25, 0.3) is 5.65 Å². The molecule has 3 aromatic heterocycles. The number of nitrogens with zero attached hydrogens (tertiary/aromatic N) is 5. The first kappa shape index (κ1) is 43.4. The van der Waals surface area contributed by atoms with Crippen molar-refractivity contribution in [1.82, 2.24) is 29.8 Å². The number of fused-ring (bicyclic) bond motifs is 2. The lowest BCUT2D eigenvalue weighted by atomic mass is 10.0. The lowest BCUT2D eigenvalue weighted by molar-refractivity contribution is -0.136. The van der Waals surface area contributed by atoms with Crippen LogP contribution in [0.1, 0.15) is 134 Å². The maximum absolute atomic E-state index is 13.3. The summed E-state index contributed by atoms with van der Waals surface area (Å²) in [6, 6.07) is 17.1. The number of aromatic nitrogens is 4. The third-order valence-corrected chi connectivity index (χ3v) is 11.1. The third kappa shape index (κ3) is 9.92. The number of nitrogens with one attached hydrogen (secondary N) is 4. The van der Waals surface area contributed by atoms with Crippen LogP contribution in [-0.2, 0) is 20.9 Å². The number of carbonyl (C=O) groups excluding carboxylic acids is 5. The molecule has 1 saturated heterocycles. The molecule has 5 heterocycles. The van der Waals surface area contributed by atoms with Gasteiger partial charge in [-0.05, 0) is 67.5 Å². The number of amides is 5. The number of aliphatic hydroxyl groups excluding tert-OH is 1. The lowest BCUT2D eigenvalue weighted by Crippen LogP contribution is -2.54. The number of ether oxygens (including phenoxy) is 1. The van der Waals surface area contributed by atoms with E-state index in [1.807, 2.05) is 55.6 Å². The third-order valence-electron chi connectivity index (χ3n) is 11.1. The van der Waals surface area contributed by atoms with E-state index in [9.17, 15) is 29.1 Å². The summed E-state index contributed by atoms with van der Waals surface area (Å²) < 4.78 is 7.72. The van der Waals surface area contributed by atoms with Crippen molar-refractivity contribution in [1.29, 1.82) is 0 Å². The Morgan fingerprint density at radius 1 is 0.968 bits per heavy atom. The maximum Gasteiger partial charge on any atom is 0.266 e. The summed E-state index contributed by atoms with van der Waals surface area (Å²) in [5.74, 6) is 0.0601. The van der Waals surface area contributed by atoms with E-state index in [2.05, 4.69) is 45.2 Å². The molecule has 16 heteroatoms. The van der Waals surface area contributed by atoms with Crippen molar-refractivity contribution in [2.24, 2.45) is 0 Å². The summed E-state index contributed by atoms with van der Waals surface area (Å²) >= 11 is 0. The van der Waals surface area contributed by atoms with Crippen LogP contribution in [0.5, 0.6) is 5.75 Å². The maximum atomic E-state index is 13.3. The Morgan fingerprint density at radius 3 is 2.53 bits per heavy atom. The number of aliphatic hydroxyl groups is 1. The highest BCUT2D eigenvalue weighted by Gasteiger charge is 2.46. The molecule has 2 aromatic carbocycles. The number of pyridine rings is 1. The largest absolute Gasteiger partial charge is 0.493 e. The minimum Gasteiger partial charge on any atom is -0.493 e. The molecule has 62 heavy (non-hydrogen) atoms. The summed E-state index contributed by atoms with van der Waals surface area (Å²) in [7, 11) is 0. The molecule has 5 aromatic rings. The van der Waals surface area contributed by atoms with Gasteiger partial charge in [0.25, 0.3) is 11.8 Å². The number of piperidine rings is 1. The predicted octanol–water partition coefficient (Wildman–Crippen LogP) is 7.20. The van der Waals surface area contributed by atoms with Gasteiger partial charge in [0, 0.05) is 48.5 Å². The average molecular weight is 844 g/mol. The number of benzene rings is 2. The van der Waals surface area contributed by atoms with Gasteiger partial charge in [0.15, 0.2) is 5.65 Å². The predicted molar refractivity (Wildman–Crippen MR) is 233 cm³/mol. The fourth-order valence-electron chi connectivity index (χ4n) is 7.74. The molecule has 1 fully saturated rings. The van der Waals surface area contributed by atoms with Crippen molar-refractivity contribution in [3.63, 3.8) is 0 Å². The number of rotatable bonds is 20. The number of hydrogen-bond acceptors (Lipinski definition) is 12. The molecule has 7 rings (SSSR count). The molecule has 0 radical (unpaired) electrons. The van der Waals surface area contributed by atoms with Gasteiger partial charge >= 0.3 is 0 Å². The Kier molecular flexibility index (Phi) is 13.9. The second kappa shape index (κ2) is 19.8. The van der Waals surface area contributed by atoms with Gasteiger partial charge in [-0.25, -0.2) is 9.97 Å². The van der Waals surface area contributed by atoms with Crippen LogP contribution in [0, 0.1) is 0 Å². The molecule has 2 atom stereocenters. The zero-order chi connectivity index (χ0) is 43.8. The van der Waals surface area contributed by atoms with E-state index >= 15 is 0 Å². The molecule has 5 N–H and O–H groups in total. The molecule has 0 spiro atoms. The fraction of sp³-hybridized carbons (Fsp3) is 0.391. The van der Waals surface area contributed by atoms with Crippen molar-refractivity contribution < 1.29 is 33.8 Å². The molecule has 2 aliphatic rings. The topological polar surface area (TPSA) is 209 Å². The second-order valence-electron chi connectivity index (χ2n) is 16.0. The van der Waals surface area contributed by atoms with Crippen molar-refractivity contribution >= 4 is 58.3 Å². The van der Waals surface area contributed by atoms with E-state index in [0.29, 0.717) is 54.6 Å². The first-order valence-electron chi connectivity index (χ1n) is 21.4. The molecule has 324 valence electrons. The Balaban J connectivity index is 0.844. The molecule has 2 aliphatic heterocycles. The molecule has 0 saturated carbocycles. The smallest absolute Gasteiger partial charge is 0.266 e. The van der Waals surface area contributed by atoms with Crippen LogP contribution in [0.3, 0.4) is 0 Å². The van der Waals surface area contributed by atoms with E-state index in [1.54, 1.807) is 28.9 Å². The summed E-state index contributed by atoms with van der Waals surface area (Å²) in [4.78, 5) is 73.4. The van der Waals surface area contributed by atoms with Crippen molar-refractivity contribution in [3.05, 3.63) is 101 Å². The standard InChI is InChI=1S/C46H53N9O7/c1-4-12-35(56)31-14-11-23-47-42(31)51-37-25-38(55-43(52-37)33(27-49-55)28(2)3)48-26-29-17-19-30(20-18-29)50-39(57)16-8-6-5-7-9-24-62-36-15-10-13-32-41(36)46(61)54(45(32)60)34-21-22-40(58)53-44(34)59/h10-11,13-15,17-20,23,25,27-28,34-35,48,56H,4-9,12,16,21-22,24,26H2,1-3H3,(H,50,57)(H,47,51,52)(H,53,58,59)/t34?,35-/m0/s1. The van der Waals surface area contributed by atoms with E-state index in [1.165, 1.54) is 0 Å². The quantitative estimate of drug-likeness (QED) is 0.0389. The Bertz CT molecular complexity index is 2450. The minimum atomic E-state index is -1.03. The SMILES string of the molecule is CCC[C@H](O)c1cccnc1Nc1cc(NCc2ccc(NC(=O)CCCCCCCOc3cccc4c3C(=O)N(C3CCC(=O)NC3=O)C4=O)cc2)n2ncc(C(C)C)c2n1. The van der Waals surface area contributed by atoms with Gasteiger partial charge in [0.05, 0.1) is 30.0 Å². The van der Waals surface area contributed by atoms with Crippen molar-refractivity contribution in [2.75, 3.05) is 22.6 Å². The van der Waals surface area contributed by atoms with Gasteiger partial charge < -0.3 is 25.8 Å². The van der Waals surface area contributed by atoms with Gasteiger partial charge in [-0.3, -0.25) is 34.2 Å². The van der Waals surface area contributed by atoms with E-state index < -0.39 is 35.8 Å². The first-order valence-corrected chi connectivity index (χ1v) is 21.4. The number of unbranched alkanes of at least 4 members (excludes halogenated alkanes) is 4. The van der Waals surface area contributed by atoms with Crippen LogP contribution in [0.15, 0.2) is 73.1 Å². The Hall–Kier alpha value is -6.68. The fourth-order valence-corrected chi connectivity index (χ4v) is 7.74. The molecule has 5 amide bonds. The summed E-state index contributed by atoms with van der Waals surface area (Å²) in [5.41, 5.74) is 4.49. The van der Waals surface area contributed by atoms with Gasteiger partial charge in [-0.1, -0.05) is 70.7 Å². The van der Waals surface area contributed by atoms with Crippen molar-refractivity contribution in [3.8, 4) is 5.75 Å². The molecular weight excluding hydrogens is 791 g/mol. The van der Waals surface area contributed by atoms with Gasteiger partial charge in [-0.2, -0.15) is 9.61 Å². The summed E-state index contributed by atoms with van der Waals surface area (Å²) in [6.45, 7) is 7.06. The van der Waals surface area contributed by atoms with Gasteiger partial charge in [0.1, 0.15) is 29.2 Å². The van der Waals surface area contributed by atoms with Gasteiger partial charge in [-0.15, -0.1) is 0 Å². The van der Waals surface area contributed by atoms with Crippen LogP contribution in [0.2, 0.25) is 0 Å². The number of imide groups is 2. The van der Waals surface area contributed by atoms with Gasteiger partial charge in [0.2, 0.25) is 17.7 Å². The van der Waals surface area contributed by atoms with Crippen LogP contribution < -0.4 is 26.0 Å². The normalized spacial score (nSPS) is 15.5. The minimum absolute atomic E-state index is 0.0544. The molecular formula is C46H53N9O7. The molecule has 0 aliphatic carbocycles. The first-order chi connectivity index (χ1) is 30.0. The highest BCUT2D eigenvalue weighted by atomic mass is 16.5. The monoisotopic (exact) mass is 843 g/mol. The van der Waals surface area contributed by atoms with Crippen LogP contribution >= 0.6 is 0 Å². The summed E-state index contributed by atoms with van der Waals surface area (Å²) in [6.07, 6.45) is 8.96. The Morgan fingerprint density at radius 2 is 1.76 bits per heavy atom. The van der Waals surface area contributed by atoms with E-state index in [-0.39, 0.29) is 35.8 Å². The number of anilines is 4. The van der Waals surface area contributed by atoms with E-state index in [4.69, 9.17) is 9.72 Å². The highest BCUT2D eigenvalue weighted by Crippen LogP contribution is 2.34. The molecule has 16 nitrogen and oxygen atoms in total. The number of hydrogen-bond donors (Lipinski definition) is 5. The highest BCUT2D eigenvalue weighted by molar-refractivity contribution is 6.24. The lowest BCUT2D eigenvalue weighted by Gasteiger charge is -2.27. The zero-order valence-corrected chi connectivity index (χ0v) is 35.3. The van der Waals surface area contributed by atoms with Crippen LogP contribution in [-0.4, -0.2) is 71.8 Å². The zero-order valence-electron chi connectivity index (χ0n) is 35.3. The average Bonchev–Trinajstić information content (AvgIpc) is 3.80. The Labute approximate surface area is 359 Å². The number of carbonyl (C=O) groups is 5. The van der Waals surface area contributed by atoms with E-state index in [0.717, 1.165) is 66.0 Å². The summed E-state index contributed by atoms with van der Waals surface area (Å²) in [5, 5.41) is 27.4. The van der Waals surface area contributed by atoms with Crippen molar-refractivity contribution in [2.45, 2.75) is 110 Å². The second-order valence-corrected chi connectivity index (χ2v) is 16.0. The molecule has 0 bridgehead atoms. The molecule has 1 unspecified atom stereocenters. The van der Waals surface area contributed by atoms with Crippen LogP contribution in [0.4, 0.5) is 23.1 Å².